The normalized spacial score (nSPS) is 19.5. The fourth-order valence-electron chi connectivity index (χ4n) is 8.36. The van der Waals surface area contributed by atoms with Crippen molar-refractivity contribution in [3.8, 4) is 17.1 Å². The number of nitrogens with one attached hydrogen (secondary N) is 1. The largest absolute Gasteiger partial charge is 0.491 e. The van der Waals surface area contributed by atoms with Crippen molar-refractivity contribution in [3.05, 3.63) is 96.1 Å². The summed E-state index contributed by atoms with van der Waals surface area (Å²) in [5.74, 6) is 1.31. The Labute approximate surface area is 317 Å². The molecule has 2 aromatic carbocycles. The molecule has 282 valence electrons. The molecule has 0 bridgehead atoms. The van der Waals surface area contributed by atoms with Crippen LogP contribution in [0.3, 0.4) is 0 Å². The molecule has 0 radical (unpaired) electrons. The van der Waals surface area contributed by atoms with Crippen LogP contribution in [-0.2, 0) is 16.6 Å². The number of imidazole rings is 1. The zero-order valence-corrected chi connectivity index (χ0v) is 30.8. The van der Waals surface area contributed by atoms with E-state index in [1.165, 1.54) is 6.07 Å². The Morgan fingerprint density at radius 2 is 1.76 bits per heavy atom. The number of hydrogen-bond acceptors (Lipinski definition) is 10. The van der Waals surface area contributed by atoms with Gasteiger partial charge in [-0.05, 0) is 73.7 Å². The molecule has 0 aliphatic carbocycles. The van der Waals surface area contributed by atoms with Gasteiger partial charge in [-0.1, -0.05) is 30.3 Å². The lowest BCUT2D eigenvalue weighted by molar-refractivity contribution is -0.134. The minimum atomic E-state index is -0.451. The number of rotatable bonds is 10. The highest BCUT2D eigenvalue weighted by atomic mass is 19.1. The fraction of sp³-hybridized carbons (Fsp3) is 0.366. The number of nitrogens with zero attached hydrogens (tertiary/aromatic N) is 9. The van der Waals surface area contributed by atoms with Crippen LogP contribution in [0, 0.1) is 5.82 Å². The third-order valence-electron chi connectivity index (χ3n) is 11.1. The summed E-state index contributed by atoms with van der Waals surface area (Å²) in [6.45, 7) is 5.88. The van der Waals surface area contributed by atoms with Crippen molar-refractivity contribution in [2.75, 3.05) is 55.7 Å². The van der Waals surface area contributed by atoms with Crippen molar-refractivity contribution in [2.45, 2.75) is 44.1 Å². The number of ether oxygens (including phenoxy) is 1. The van der Waals surface area contributed by atoms with E-state index in [1.54, 1.807) is 16.8 Å². The van der Waals surface area contributed by atoms with Crippen LogP contribution in [0.4, 0.5) is 16.0 Å². The molecule has 1 N–H and O–H groups in total. The first-order valence-electron chi connectivity index (χ1n) is 19.1. The summed E-state index contributed by atoms with van der Waals surface area (Å²) in [7, 11) is 1.86. The molecule has 3 aliphatic rings. The number of amides is 2. The molecule has 55 heavy (non-hydrogen) atoms. The second-order valence-corrected chi connectivity index (χ2v) is 14.6. The summed E-state index contributed by atoms with van der Waals surface area (Å²) in [5.41, 5.74) is 4.89. The molecule has 7 heterocycles. The summed E-state index contributed by atoms with van der Waals surface area (Å²) < 4.78 is 24.0. The van der Waals surface area contributed by atoms with Crippen molar-refractivity contribution in [1.29, 1.82) is 0 Å². The van der Waals surface area contributed by atoms with E-state index in [4.69, 9.17) is 14.8 Å². The quantitative estimate of drug-likeness (QED) is 0.147. The van der Waals surface area contributed by atoms with Gasteiger partial charge < -0.3 is 14.5 Å². The van der Waals surface area contributed by atoms with E-state index in [0.29, 0.717) is 25.1 Å². The van der Waals surface area contributed by atoms with Gasteiger partial charge in [-0.2, -0.15) is 5.10 Å². The van der Waals surface area contributed by atoms with Gasteiger partial charge in [0.1, 0.15) is 34.4 Å². The highest BCUT2D eigenvalue weighted by Gasteiger charge is 2.32. The van der Waals surface area contributed by atoms with Gasteiger partial charge in [0.15, 0.2) is 5.65 Å². The molecule has 2 atom stereocenters. The molecule has 3 fully saturated rings. The number of piperazine rings is 1. The number of hydrogen-bond donors (Lipinski definition) is 1. The molecule has 2 amide bonds. The molecular weight excluding hydrogens is 700 g/mol. The molecule has 9 rings (SSSR count). The minimum Gasteiger partial charge on any atom is -0.491 e. The molecule has 14 heteroatoms. The summed E-state index contributed by atoms with van der Waals surface area (Å²) >= 11 is 0. The lowest BCUT2D eigenvalue weighted by Gasteiger charge is -2.35. The molecule has 0 saturated carbocycles. The topological polar surface area (TPSA) is 126 Å². The number of imide groups is 1. The lowest BCUT2D eigenvalue weighted by atomic mass is 9.93. The van der Waals surface area contributed by atoms with Crippen LogP contribution in [0.1, 0.15) is 55.3 Å². The first kappa shape index (κ1) is 34.9. The Bertz CT molecular complexity index is 2390. The van der Waals surface area contributed by atoms with Crippen LogP contribution in [0.25, 0.3) is 27.9 Å². The predicted molar refractivity (Wildman–Crippen MR) is 207 cm³/mol. The van der Waals surface area contributed by atoms with E-state index in [1.807, 2.05) is 66.3 Å². The molecule has 4 aromatic heterocycles. The van der Waals surface area contributed by atoms with Crippen molar-refractivity contribution in [3.63, 3.8) is 0 Å². The zero-order valence-electron chi connectivity index (χ0n) is 30.8. The van der Waals surface area contributed by atoms with Gasteiger partial charge in [-0.3, -0.25) is 24.5 Å². The number of aromatic nitrogens is 6. The van der Waals surface area contributed by atoms with Crippen molar-refractivity contribution in [1.82, 2.24) is 39.6 Å². The predicted octanol–water partition coefficient (Wildman–Crippen LogP) is 5.27. The number of carbonyl (C=O) groups excluding carboxylic acids is 2. The average Bonchev–Trinajstić information content (AvgIpc) is 3.95. The van der Waals surface area contributed by atoms with E-state index in [-0.39, 0.29) is 23.7 Å². The molecular formula is C41H43FN10O3. The third kappa shape index (κ3) is 6.86. The van der Waals surface area contributed by atoms with E-state index >= 15 is 0 Å². The maximum Gasteiger partial charge on any atom is 0.235 e. The highest BCUT2D eigenvalue weighted by molar-refractivity contribution is 6.03. The van der Waals surface area contributed by atoms with E-state index < -0.39 is 5.92 Å². The number of aryl methyl sites for hydroxylation is 1. The van der Waals surface area contributed by atoms with E-state index in [9.17, 15) is 14.0 Å². The second-order valence-electron chi connectivity index (χ2n) is 14.6. The summed E-state index contributed by atoms with van der Waals surface area (Å²) in [6, 6.07) is 22.9. The Morgan fingerprint density at radius 1 is 0.909 bits per heavy atom. The Kier molecular flexibility index (Phi) is 9.34. The molecule has 6 aromatic rings. The number of anilines is 2. The monoisotopic (exact) mass is 742 g/mol. The van der Waals surface area contributed by atoms with Gasteiger partial charge in [-0.25, -0.2) is 18.9 Å². The van der Waals surface area contributed by atoms with Gasteiger partial charge >= 0.3 is 0 Å². The molecule has 0 spiro atoms. The first-order chi connectivity index (χ1) is 26.9. The van der Waals surface area contributed by atoms with Gasteiger partial charge in [0.25, 0.3) is 0 Å². The third-order valence-corrected chi connectivity index (χ3v) is 11.1. The summed E-state index contributed by atoms with van der Waals surface area (Å²) in [4.78, 5) is 41.0. The minimum absolute atomic E-state index is 0.0731. The highest BCUT2D eigenvalue weighted by Crippen LogP contribution is 2.37. The average molecular weight is 743 g/mol. The number of halogens is 1. The van der Waals surface area contributed by atoms with Crippen LogP contribution in [0.5, 0.6) is 5.75 Å². The van der Waals surface area contributed by atoms with Crippen molar-refractivity contribution in [2.24, 2.45) is 7.05 Å². The molecule has 13 nitrogen and oxygen atoms in total. The van der Waals surface area contributed by atoms with E-state index in [2.05, 4.69) is 36.2 Å². The number of pyridine rings is 1. The molecule has 1 unspecified atom stereocenters. The molecule has 3 aliphatic heterocycles. The van der Waals surface area contributed by atoms with Crippen LogP contribution < -0.4 is 19.9 Å². The lowest BCUT2D eigenvalue weighted by Crippen LogP contribution is -2.47. The van der Waals surface area contributed by atoms with Crippen LogP contribution in [0.2, 0.25) is 0 Å². The van der Waals surface area contributed by atoms with Gasteiger partial charge in [0.05, 0.1) is 36.2 Å². The maximum atomic E-state index is 14.1. The number of fused-ring (bicyclic) bond motifs is 2. The standard InChI is InChI=1S/C41H43FN10O3/c1-48-40-29(39(47-48)30-14-17-38(53)45-41(30)54)9-3-12-34(40)55-24-6-18-49-20-22-50(23-21-49)36-13-4-10-31(44-36)33-26-43-35-15-16-37(46-52(33)35)51-19-5-11-32(51)27-7-2-8-28(42)25-27/h2-4,7-10,12-13,15-16,25-26,30,32H,5-6,11,14,17-24H2,1H3,(H,45,53,54)/t30?,32-/m1/s1. The van der Waals surface area contributed by atoms with Gasteiger partial charge in [0, 0.05) is 58.1 Å². The Hall–Kier alpha value is -5.89. The smallest absolute Gasteiger partial charge is 0.235 e. The first-order valence-corrected chi connectivity index (χ1v) is 19.1. The second kappa shape index (κ2) is 14.7. The Morgan fingerprint density at radius 3 is 2.62 bits per heavy atom. The summed E-state index contributed by atoms with van der Waals surface area (Å²) in [5, 5.41) is 13.0. The molecule has 3 saturated heterocycles. The SMILES string of the molecule is Cn1nc(C2CCC(=O)NC2=O)c2cccc(OCCCN3CCN(c4cccc(-c5cnc6ccc(N7CCC[C@@H]7c7cccc(F)c7)nn56)n4)CC3)c21. The van der Waals surface area contributed by atoms with Crippen LogP contribution in [0.15, 0.2) is 79.0 Å². The van der Waals surface area contributed by atoms with E-state index in [0.717, 1.165) is 109 Å². The van der Waals surface area contributed by atoms with Crippen LogP contribution in [-0.4, -0.2) is 92.0 Å². The number of carbonyl (C=O) groups is 2. The van der Waals surface area contributed by atoms with Crippen molar-refractivity contribution < 1.29 is 18.7 Å². The number of benzene rings is 2. The number of piperidine rings is 1. The maximum absolute atomic E-state index is 14.1. The van der Waals surface area contributed by atoms with Crippen LogP contribution >= 0.6 is 0 Å². The fourth-order valence-corrected chi connectivity index (χ4v) is 8.36. The Balaban J connectivity index is 0.815. The van der Waals surface area contributed by atoms with Gasteiger partial charge in [0.2, 0.25) is 11.8 Å². The van der Waals surface area contributed by atoms with Crippen molar-refractivity contribution >= 4 is 40.0 Å². The summed E-state index contributed by atoms with van der Waals surface area (Å²) in [6.07, 6.45) is 5.43. The number of para-hydroxylation sites is 1. The zero-order chi connectivity index (χ0) is 37.5. The van der Waals surface area contributed by atoms with Gasteiger partial charge in [-0.15, -0.1) is 5.10 Å².